The zero-order valence-corrected chi connectivity index (χ0v) is 12.2. The van der Waals surface area contributed by atoms with Crippen LogP contribution in [0.4, 0.5) is 4.39 Å². The summed E-state index contributed by atoms with van der Waals surface area (Å²) in [5.41, 5.74) is -0.810. The maximum Gasteiger partial charge on any atom is 0.258 e. The van der Waals surface area contributed by atoms with Crippen molar-refractivity contribution in [3.8, 4) is 5.75 Å². The van der Waals surface area contributed by atoms with Crippen molar-refractivity contribution in [1.29, 1.82) is 0 Å². The van der Waals surface area contributed by atoms with Crippen LogP contribution in [-0.2, 0) is 0 Å². The maximum absolute atomic E-state index is 13.7. The Balaban J connectivity index is 2.18. The number of benzene rings is 1. The summed E-state index contributed by atoms with van der Waals surface area (Å²) in [6.45, 7) is 2.17. The van der Waals surface area contributed by atoms with Crippen molar-refractivity contribution in [3.05, 3.63) is 29.6 Å². The number of rotatable bonds is 3. The van der Waals surface area contributed by atoms with E-state index in [-0.39, 0.29) is 11.3 Å². The first kappa shape index (κ1) is 15.1. The number of amides is 1. The molecule has 0 aliphatic heterocycles. The minimum Gasteiger partial charge on any atom is -0.507 e. The van der Waals surface area contributed by atoms with Gasteiger partial charge in [-0.2, -0.15) is 0 Å². The van der Waals surface area contributed by atoms with Gasteiger partial charge in [-0.3, -0.25) is 4.79 Å². The fraction of sp³-hybridized carbons (Fsp3) is 0.533. The zero-order valence-electron chi connectivity index (χ0n) is 11.5. The molecule has 0 saturated heterocycles. The molecule has 3 nitrogen and oxygen atoms in total. The lowest BCUT2D eigenvalue weighted by atomic mass is 9.78. The topological polar surface area (TPSA) is 49.3 Å². The normalized spacial score (nSPS) is 26.2. The lowest BCUT2D eigenvalue weighted by molar-refractivity contribution is 0.0865. The van der Waals surface area contributed by atoms with Crippen molar-refractivity contribution in [2.24, 2.45) is 5.92 Å². The predicted octanol–water partition coefficient (Wildman–Crippen LogP) is 3.45. The van der Waals surface area contributed by atoms with E-state index in [1.807, 2.05) is 0 Å². The molecule has 0 atom stereocenters. The first-order valence-electron chi connectivity index (χ1n) is 6.83. The van der Waals surface area contributed by atoms with Crippen molar-refractivity contribution in [3.63, 3.8) is 0 Å². The average molecular weight is 300 g/mol. The molecule has 0 bridgehead atoms. The average Bonchev–Trinajstić information content (AvgIpc) is 2.41. The zero-order chi connectivity index (χ0) is 14.8. The Labute approximate surface area is 123 Å². The molecular formula is C15H19ClFNO2. The van der Waals surface area contributed by atoms with Crippen molar-refractivity contribution >= 4 is 17.5 Å². The highest BCUT2D eigenvalue weighted by Gasteiger charge is 2.36. The van der Waals surface area contributed by atoms with Gasteiger partial charge in [0.05, 0.1) is 5.54 Å². The molecule has 1 saturated carbocycles. The number of hydrogen-bond donors (Lipinski definition) is 2. The van der Waals surface area contributed by atoms with E-state index in [0.717, 1.165) is 31.7 Å². The van der Waals surface area contributed by atoms with Gasteiger partial charge in [0.25, 0.3) is 5.91 Å². The van der Waals surface area contributed by atoms with Crippen LogP contribution in [0.5, 0.6) is 5.75 Å². The Morgan fingerprint density at radius 3 is 2.70 bits per heavy atom. The lowest BCUT2D eigenvalue weighted by Gasteiger charge is -2.38. The Hall–Kier alpha value is -1.29. The standard InChI is InChI=1S/C15H19ClFNO2/c1-10-5-7-15(9-16,8-6-10)18-14(20)13-11(17)3-2-4-12(13)19/h2-4,10,19H,5-9H2,1H3,(H,18,20). The van der Waals surface area contributed by atoms with Crippen molar-refractivity contribution in [2.45, 2.75) is 38.1 Å². The van der Waals surface area contributed by atoms with E-state index in [4.69, 9.17) is 11.6 Å². The number of alkyl halides is 1. The van der Waals surface area contributed by atoms with E-state index in [1.165, 1.54) is 12.1 Å². The van der Waals surface area contributed by atoms with Gasteiger partial charge in [-0.05, 0) is 43.7 Å². The Bertz CT molecular complexity index is 478. The van der Waals surface area contributed by atoms with Crippen molar-refractivity contribution in [2.75, 3.05) is 5.88 Å². The second-order valence-electron chi connectivity index (χ2n) is 5.68. The SMILES string of the molecule is CC1CCC(CCl)(NC(=O)c2c(O)cccc2F)CC1. The second kappa shape index (κ2) is 6.00. The van der Waals surface area contributed by atoms with Crippen LogP contribution in [0, 0.1) is 11.7 Å². The molecule has 110 valence electrons. The number of carbonyl (C=O) groups excluding carboxylic acids is 1. The van der Waals surface area contributed by atoms with E-state index in [1.54, 1.807) is 0 Å². The number of hydrogen-bond acceptors (Lipinski definition) is 2. The summed E-state index contributed by atoms with van der Waals surface area (Å²) in [7, 11) is 0. The predicted molar refractivity (Wildman–Crippen MR) is 76.6 cm³/mol. The number of aromatic hydroxyl groups is 1. The van der Waals surface area contributed by atoms with E-state index in [0.29, 0.717) is 11.8 Å². The highest BCUT2D eigenvalue weighted by Crippen LogP contribution is 2.33. The first-order chi connectivity index (χ1) is 9.47. The quantitative estimate of drug-likeness (QED) is 0.840. The minimum absolute atomic E-state index is 0.292. The summed E-state index contributed by atoms with van der Waals surface area (Å²) in [5, 5.41) is 12.5. The molecule has 1 aliphatic rings. The lowest BCUT2D eigenvalue weighted by Crippen LogP contribution is -2.52. The van der Waals surface area contributed by atoms with Crippen LogP contribution >= 0.6 is 11.6 Å². The monoisotopic (exact) mass is 299 g/mol. The van der Waals surface area contributed by atoms with Gasteiger partial charge in [0, 0.05) is 5.88 Å². The molecule has 2 N–H and O–H groups in total. The van der Waals surface area contributed by atoms with Gasteiger partial charge in [-0.1, -0.05) is 13.0 Å². The van der Waals surface area contributed by atoms with Crippen LogP contribution in [0.2, 0.25) is 0 Å². The van der Waals surface area contributed by atoms with E-state index in [9.17, 15) is 14.3 Å². The number of nitrogens with one attached hydrogen (secondary N) is 1. The summed E-state index contributed by atoms with van der Waals surface area (Å²) in [6, 6.07) is 3.82. The third-order valence-electron chi connectivity index (χ3n) is 4.08. The molecule has 1 aliphatic carbocycles. The van der Waals surface area contributed by atoms with Gasteiger partial charge in [0.1, 0.15) is 17.1 Å². The largest absolute Gasteiger partial charge is 0.507 e. The van der Waals surface area contributed by atoms with E-state index >= 15 is 0 Å². The number of phenolic OH excluding ortho intramolecular Hbond substituents is 1. The molecular weight excluding hydrogens is 281 g/mol. The molecule has 1 aromatic carbocycles. The fourth-order valence-corrected chi connectivity index (χ4v) is 2.98. The molecule has 2 rings (SSSR count). The smallest absolute Gasteiger partial charge is 0.258 e. The van der Waals surface area contributed by atoms with Crippen LogP contribution in [-0.4, -0.2) is 22.4 Å². The summed E-state index contributed by atoms with van der Waals surface area (Å²) in [6.07, 6.45) is 3.52. The van der Waals surface area contributed by atoms with Gasteiger partial charge in [0.2, 0.25) is 0 Å². The summed E-state index contributed by atoms with van der Waals surface area (Å²) in [4.78, 5) is 12.2. The van der Waals surface area contributed by atoms with Crippen LogP contribution in [0.3, 0.4) is 0 Å². The fourth-order valence-electron chi connectivity index (χ4n) is 2.65. The minimum atomic E-state index is -0.726. The third kappa shape index (κ3) is 3.06. The van der Waals surface area contributed by atoms with Gasteiger partial charge in [-0.15, -0.1) is 11.6 Å². The van der Waals surface area contributed by atoms with Gasteiger partial charge >= 0.3 is 0 Å². The van der Waals surface area contributed by atoms with Crippen LogP contribution in [0.1, 0.15) is 43.0 Å². The maximum atomic E-state index is 13.7. The first-order valence-corrected chi connectivity index (χ1v) is 7.37. The van der Waals surface area contributed by atoms with Crippen molar-refractivity contribution in [1.82, 2.24) is 5.32 Å². The Morgan fingerprint density at radius 1 is 1.50 bits per heavy atom. The van der Waals surface area contributed by atoms with Crippen molar-refractivity contribution < 1.29 is 14.3 Å². The molecule has 1 amide bonds. The molecule has 1 fully saturated rings. The molecule has 20 heavy (non-hydrogen) atoms. The summed E-state index contributed by atoms with van der Waals surface area (Å²) in [5.74, 6) is -0.769. The highest BCUT2D eigenvalue weighted by atomic mass is 35.5. The molecule has 0 heterocycles. The third-order valence-corrected chi connectivity index (χ3v) is 4.60. The molecule has 0 radical (unpaired) electrons. The Kier molecular flexibility index (Phi) is 4.53. The van der Waals surface area contributed by atoms with Crippen LogP contribution in [0.15, 0.2) is 18.2 Å². The van der Waals surface area contributed by atoms with Crippen LogP contribution < -0.4 is 5.32 Å². The molecule has 1 aromatic rings. The highest BCUT2D eigenvalue weighted by molar-refractivity contribution is 6.19. The second-order valence-corrected chi connectivity index (χ2v) is 5.95. The van der Waals surface area contributed by atoms with Gasteiger partial charge in [-0.25, -0.2) is 4.39 Å². The summed E-state index contributed by atoms with van der Waals surface area (Å²) < 4.78 is 13.7. The molecule has 0 unspecified atom stereocenters. The molecule has 0 aromatic heterocycles. The molecule has 0 spiro atoms. The Morgan fingerprint density at radius 2 is 2.15 bits per heavy atom. The van der Waals surface area contributed by atoms with E-state index in [2.05, 4.69) is 12.2 Å². The van der Waals surface area contributed by atoms with Gasteiger partial charge < -0.3 is 10.4 Å². The summed E-state index contributed by atoms with van der Waals surface area (Å²) >= 11 is 6.02. The number of phenols is 1. The van der Waals surface area contributed by atoms with Crippen LogP contribution in [0.25, 0.3) is 0 Å². The molecule has 5 heteroatoms. The van der Waals surface area contributed by atoms with Gasteiger partial charge in [0.15, 0.2) is 0 Å². The number of halogens is 2. The van der Waals surface area contributed by atoms with E-state index < -0.39 is 17.3 Å². The number of carbonyl (C=O) groups is 1.